The van der Waals surface area contributed by atoms with E-state index in [-0.39, 0.29) is 10.7 Å². The molecule has 0 amide bonds. The average molecular weight is 335 g/mol. The molecule has 0 aliphatic heterocycles. The number of sulfonamides is 1. The third-order valence-corrected chi connectivity index (χ3v) is 4.65. The highest BCUT2D eigenvalue weighted by Gasteiger charge is 2.14. The van der Waals surface area contributed by atoms with Crippen molar-refractivity contribution in [1.29, 1.82) is 0 Å². The van der Waals surface area contributed by atoms with E-state index in [0.717, 1.165) is 17.7 Å². The van der Waals surface area contributed by atoms with Crippen molar-refractivity contribution in [3.8, 4) is 0 Å². The van der Waals surface area contributed by atoms with Gasteiger partial charge in [-0.2, -0.15) is 0 Å². The molecule has 23 heavy (non-hydrogen) atoms. The highest BCUT2D eigenvalue weighted by molar-refractivity contribution is 7.92. The predicted molar refractivity (Wildman–Crippen MR) is 91.2 cm³/mol. The fourth-order valence-corrected chi connectivity index (χ4v) is 2.97. The minimum atomic E-state index is -3.62. The highest BCUT2D eigenvalue weighted by atomic mass is 32.2. The number of aryl methyl sites for hydroxylation is 1. The van der Waals surface area contributed by atoms with Crippen LogP contribution in [-0.2, 0) is 21.2 Å². The minimum absolute atomic E-state index is 0.221. The Kier molecular flexibility index (Phi) is 5.95. The van der Waals surface area contributed by atoms with Crippen LogP contribution < -0.4 is 10.0 Å². The minimum Gasteiger partial charge on any atom is -0.383 e. The molecular weight excluding hydrogens is 314 g/mol. The summed E-state index contributed by atoms with van der Waals surface area (Å²) in [5, 5.41) is 3.12. The molecule has 0 unspecified atom stereocenters. The van der Waals surface area contributed by atoms with Crippen molar-refractivity contribution in [1.82, 2.24) is 4.98 Å². The summed E-state index contributed by atoms with van der Waals surface area (Å²) in [6.07, 6.45) is 2.44. The van der Waals surface area contributed by atoms with E-state index in [1.165, 1.54) is 0 Å². The van der Waals surface area contributed by atoms with Crippen molar-refractivity contribution < 1.29 is 13.2 Å². The van der Waals surface area contributed by atoms with Crippen molar-refractivity contribution in [2.75, 3.05) is 30.3 Å². The molecule has 0 fully saturated rings. The first-order chi connectivity index (χ1) is 11.0. The maximum Gasteiger partial charge on any atom is 0.263 e. The van der Waals surface area contributed by atoms with Gasteiger partial charge in [-0.3, -0.25) is 4.72 Å². The molecule has 0 spiro atoms. The molecule has 0 radical (unpaired) electrons. The molecule has 0 saturated carbocycles. The van der Waals surface area contributed by atoms with Crippen LogP contribution in [0.1, 0.15) is 12.5 Å². The molecule has 0 aliphatic rings. The first kappa shape index (κ1) is 17.2. The fourth-order valence-electron chi connectivity index (χ4n) is 1.96. The van der Waals surface area contributed by atoms with Crippen LogP contribution >= 0.6 is 0 Å². The second-order valence-corrected chi connectivity index (χ2v) is 6.64. The lowest BCUT2D eigenvalue weighted by Crippen LogP contribution is -2.14. The van der Waals surface area contributed by atoms with Gasteiger partial charge in [0.1, 0.15) is 5.82 Å². The molecular formula is C16H21N3O3S. The first-order valence-electron chi connectivity index (χ1n) is 7.36. The number of ether oxygens (including phenoxy) is 1. The number of hydrogen-bond donors (Lipinski definition) is 2. The molecule has 2 N–H and O–H groups in total. The number of anilines is 2. The smallest absolute Gasteiger partial charge is 0.263 e. The number of nitrogens with zero attached hydrogens (tertiary/aromatic N) is 1. The molecule has 0 aliphatic carbocycles. The van der Waals surface area contributed by atoms with Crippen LogP contribution in [0.5, 0.6) is 0 Å². The van der Waals surface area contributed by atoms with Crippen LogP contribution in [-0.4, -0.2) is 33.7 Å². The van der Waals surface area contributed by atoms with Crippen LogP contribution in [0.25, 0.3) is 0 Å². The van der Waals surface area contributed by atoms with Crippen LogP contribution in [0.3, 0.4) is 0 Å². The fraction of sp³-hybridized carbons (Fsp3) is 0.312. The standard InChI is InChI=1S/C16H21N3O3S/c1-3-13-4-7-15(8-5-13)23(20,21)19-16-9-6-14(12-18-16)17-10-11-22-2/h4-9,12,17H,3,10-11H2,1-2H3,(H,18,19). The maximum absolute atomic E-state index is 12.3. The van der Waals surface area contributed by atoms with E-state index in [1.807, 2.05) is 19.1 Å². The Labute approximate surface area is 137 Å². The van der Waals surface area contributed by atoms with Crippen LogP contribution in [0, 0.1) is 0 Å². The van der Waals surface area contributed by atoms with Crippen molar-refractivity contribution in [3.05, 3.63) is 48.2 Å². The molecule has 1 aromatic carbocycles. The number of methoxy groups -OCH3 is 1. The molecule has 1 heterocycles. The summed E-state index contributed by atoms with van der Waals surface area (Å²) < 4.78 is 32.0. The molecule has 2 aromatic rings. The van der Waals surface area contributed by atoms with Gasteiger partial charge in [-0.15, -0.1) is 0 Å². The summed E-state index contributed by atoms with van der Waals surface area (Å²) in [6, 6.07) is 10.2. The Morgan fingerprint density at radius 2 is 1.87 bits per heavy atom. The Balaban J connectivity index is 2.04. The Bertz CT molecular complexity index is 713. The lowest BCUT2D eigenvalue weighted by Gasteiger charge is -2.09. The van der Waals surface area contributed by atoms with Gasteiger partial charge in [0.05, 0.1) is 23.4 Å². The largest absolute Gasteiger partial charge is 0.383 e. The lowest BCUT2D eigenvalue weighted by molar-refractivity contribution is 0.211. The topological polar surface area (TPSA) is 80.3 Å². The summed E-state index contributed by atoms with van der Waals surface area (Å²) in [6.45, 7) is 3.27. The summed E-state index contributed by atoms with van der Waals surface area (Å²) in [4.78, 5) is 4.33. The van der Waals surface area contributed by atoms with E-state index < -0.39 is 10.0 Å². The quantitative estimate of drug-likeness (QED) is 0.725. The molecule has 0 atom stereocenters. The van der Waals surface area contributed by atoms with Crippen LogP contribution in [0.4, 0.5) is 11.5 Å². The summed E-state index contributed by atoms with van der Waals surface area (Å²) in [7, 11) is -2.00. The Morgan fingerprint density at radius 3 is 2.43 bits per heavy atom. The van der Waals surface area contributed by atoms with Crippen molar-refractivity contribution in [2.24, 2.45) is 0 Å². The van der Waals surface area contributed by atoms with Crippen LogP contribution in [0.2, 0.25) is 0 Å². The normalized spacial score (nSPS) is 11.2. The number of aromatic nitrogens is 1. The average Bonchev–Trinajstić information content (AvgIpc) is 2.56. The second-order valence-electron chi connectivity index (χ2n) is 4.95. The molecule has 2 rings (SSSR count). The second kappa shape index (κ2) is 7.94. The zero-order chi connectivity index (χ0) is 16.7. The summed E-state index contributed by atoms with van der Waals surface area (Å²) in [5.41, 5.74) is 1.89. The Morgan fingerprint density at radius 1 is 1.13 bits per heavy atom. The zero-order valence-electron chi connectivity index (χ0n) is 13.2. The van der Waals surface area contributed by atoms with E-state index in [1.54, 1.807) is 37.6 Å². The van der Waals surface area contributed by atoms with Gasteiger partial charge in [0.2, 0.25) is 0 Å². The lowest BCUT2D eigenvalue weighted by atomic mass is 10.2. The SMILES string of the molecule is CCc1ccc(S(=O)(=O)Nc2ccc(NCCOC)cn2)cc1. The summed E-state index contributed by atoms with van der Waals surface area (Å²) in [5.74, 6) is 0.279. The molecule has 0 bridgehead atoms. The third kappa shape index (κ3) is 4.94. The van der Waals surface area contributed by atoms with Crippen molar-refractivity contribution >= 4 is 21.5 Å². The monoisotopic (exact) mass is 335 g/mol. The van der Waals surface area contributed by atoms with Gasteiger partial charge in [0.15, 0.2) is 0 Å². The van der Waals surface area contributed by atoms with E-state index in [2.05, 4.69) is 15.0 Å². The number of nitrogens with one attached hydrogen (secondary N) is 2. The summed E-state index contributed by atoms with van der Waals surface area (Å²) >= 11 is 0. The van der Waals surface area contributed by atoms with Gasteiger partial charge < -0.3 is 10.1 Å². The first-order valence-corrected chi connectivity index (χ1v) is 8.84. The van der Waals surface area contributed by atoms with E-state index in [4.69, 9.17) is 4.74 Å². The molecule has 7 heteroatoms. The van der Waals surface area contributed by atoms with Gasteiger partial charge in [-0.1, -0.05) is 19.1 Å². The third-order valence-electron chi connectivity index (χ3n) is 3.28. The van der Waals surface area contributed by atoms with Crippen molar-refractivity contribution in [3.63, 3.8) is 0 Å². The molecule has 124 valence electrons. The van der Waals surface area contributed by atoms with Gasteiger partial charge >= 0.3 is 0 Å². The van der Waals surface area contributed by atoms with E-state index >= 15 is 0 Å². The van der Waals surface area contributed by atoms with E-state index in [9.17, 15) is 8.42 Å². The number of benzene rings is 1. The molecule has 6 nitrogen and oxygen atoms in total. The van der Waals surface area contributed by atoms with E-state index in [0.29, 0.717) is 13.2 Å². The number of rotatable bonds is 8. The number of pyridine rings is 1. The van der Waals surface area contributed by atoms with Crippen molar-refractivity contribution in [2.45, 2.75) is 18.2 Å². The van der Waals surface area contributed by atoms with Gasteiger partial charge in [0.25, 0.3) is 10.0 Å². The molecule has 1 aromatic heterocycles. The van der Waals surface area contributed by atoms with Crippen LogP contribution in [0.15, 0.2) is 47.5 Å². The zero-order valence-corrected chi connectivity index (χ0v) is 14.1. The number of hydrogen-bond acceptors (Lipinski definition) is 5. The maximum atomic E-state index is 12.3. The van der Waals surface area contributed by atoms with Gasteiger partial charge in [0, 0.05) is 13.7 Å². The van der Waals surface area contributed by atoms with Gasteiger partial charge in [-0.05, 0) is 36.2 Å². The highest BCUT2D eigenvalue weighted by Crippen LogP contribution is 2.16. The Hall–Kier alpha value is -2.12. The van der Waals surface area contributed by atoms with Gasteiger partial charge in [-0.25, -0.2) is 13.4 Å². The molecule has 0 saturated heterocycles. The predicted octanol–water partition coefficient (Wildman–Crippen LogP) is 2.50.